The normalized spacial score (nSPS) is 21.0. The quantitative estimate of drug-likeness (QED) is 0.570. The molecule has 6 heteroatoms. The van der Waals surface area contributed by atoms with Crippen molar-refractivity contribution >= 4 is 0 Å². The summed E-state index contributed by atoms with van der Waals surface area (Å²) in [6.07, 6.45) is -2.43. The zero-order valence-electron chi connectivity index (χ0n) is 9.22. The van der Waals surface area contributed by atoms with Crippen LogP contribution in [0.5, 0.6) is 0 Å². The van der Waals surface area contributed by atoms with Gasteiger partial charge in [-0.05, 0) is 31.6 Å². The van der Waals surface area contributed by atoms with Gasteiger partial charge in [0.05, 0.1) is 0 Å². The Hall–Kier alpha value is -0.330. The summed E-state index contributed by atoms with van der Waals surface area (Å²) in [7, 11) is 0. The monoisotopic (exact) mass is 240 g/mol. The highest BCUT2D eigenvalue weighted by Gasteiger charge is 2.28. The largest absolute Gasteiger partial charge is 0.389 e. The summed E-state index contributed by atoms with van der Waals surface area (Å²) < 4.78 is 41.1. The van der Waals surface area contributed by atoms with Crippen LogP contribution in [0.15, 0.2) is 0 Å². The van der Waals surface area contributed by atoms with Gasteiger partial charge in [-0.25, -0.2) is 0 Å². The minimum Gasteiger partial charge on any atom is -0.381 e. The Bertz CT molecular complexity index is 193. The van der Waals surface area contributed by atoms with E-state index in [1.165, 1.54) is 0 Å². The average molecular weight is 240 g/mol. The van der Waals surface area contributed by atoms with Crippen LogP contribution in [0.1, 0.15) is 32.1 Å². The lowest BCUT2D eigenvalue weighted by molar-refractivity contribution is -0.136. The lowest BCUT2D eigenvalue weighted by Gasteiger charge is -2.29. The van der Waals surface area contributed by atoms with E-state index in [9.17, 15) is 13.2 Å². The van der Waals surface area contributed by atoms with Crippen molar-refractivity contribution in [2.75, 3.05) is 13.2 Å². The molecular weight excluding hydrogens is 221 g/mol. The molecule has 0 aliphatic carbocycles. The number of hydrogen-bond acceptors (Lipinski definition) is 3. The second-order valence-electron chi connectivity index (χ2n) is 4.23. The van der Waals surface area contributed by atoms with E-state index in [0.717, 1.165) is 12.8 Å². The van der Waals surface area contributed by atoms with Gasteiger partial charge in [0.15, 0.2) is 0 Å². The van der Waals surface area contributed by atoms with Crippen LogP contribution in [0.3, 0.4) is 0 Å². The molecule has 0 radical (unpaired) electrons. The molecule has 0 aromatic carbocycles. The number of nitrogens with one attached hydrogen (secondary N) is 1. The highest BCUT2D eigenvalue weighted by molar-refractivity contribution is 4.77. The molecule has 3 N–H and O–H groups in total. The molecule has 96 valence electrons. The van der Waals surface area contributed by atoms with Crippen LogP contribution in [0.25, 0.3) is 0 Å². The third-order valence-corrected chi connectivity index (χ3v) is 3.02. The third kappa shape index (κ3) is 5.14. The van der Waals surface area contributed by atoms with Crippen LogP contribution in [0, 0.1) is 5.92 Å². The number of halogens is 3. The molecule has 1 fully saturated rings. The van der Waals surface area contributed by atoms with Crippen molar-refractivity contribution < 1.29 is 17.9 Å². The number of hydrazine groups is 1. The molecule has 1 heterocycles. The Morgan fingerprint density at radius 2 is 1.94 bits per heavy atom. The molecule has 1 rings (SSSR count). The second kappa shape index (κ2) is 6.42. The first kappa shape index (κ1) is 13.7. The van der Waals surface area contributed by atoms with Crippen LogP contribution in [-0.2, 0) is 4.74 Å². The molecule has 0 amide bonds. The van der Waals surface area contributed by atoms with Gasteiger partial charge in [0, 0.05) is 25.7 Å². The SMILES string of the molecule is NNC(CCCC(F)(F)F)C1CCOCC1. The Labute approximate surface area is 93.5 Å². The van der Waals surface area contributed by atoms with Crippen molar-refractivity contribution in [3.05, 3.63) is 0 Å². The number of ether oxygens (including phenoxy) is 1. The van der Waals surface area contributed by atoms with Crippen molar-refractivity contribution in [2.24, 2.45) is 11.8 Å². The predicted molar refractivity (Wildman–Crippen MR) is 54.6 cm³/mol. The highest BCUT2D eigenvalue weighted by Crippen LogP contribution is 2.26. The summed E-state index contributed by atoms with van der Waals surface area (Å²) in [4.78, 5) is 0. The van der Waals surface area contributed by atoms with E-state index in [1.807, 2.05) is 0 Å². The standard InChI is InChI=1S/C10H19F3N2O/c11-10(12,13)5-1-2-9(15-14)8-3-6-16-7-4-8/h8-9,15H,1-7,14H2. The molecular formula is C10H19F3N2O. The first-order chi connectivity index (χ1) is 7.53. The van der Waals surface area contributed by atoms with E-state index in [0.29, 0.717) is 25.6 Å². The Morgan fingerprint density at radius 3 is 2.44 bits per heavy atom. The van der Waals surface area contributed by atoms with Gasteiger partial charge in [-0.1, -0.05) is 0 Å². The smallest absolute Gasteiger partial charge is 0.381 e. The number of rotatable bonds is 5. The maximum atomic E-state index is 12.0. The molecule has 0 saturated carbocycles. The second-order valence-corrected chi connectivity index (χ2v) is 4.23. The summed E-state index contributed by atoms with van der Waals surface area (Å²) in [5.41, 5.74) is 2.64. The molecule has 0 aromatic rings. The molecule has 1 aliphatic heterocycles. The van der Waals surface area contributed by atoms with Crippen LogP contribution in [0.2, 0.25) is 0 Å². The van der Waals surface area contributed by atoms with Crippen molar-refractivity contribution in [1.29, 1.82) is 0 Å². The Kier molecular flexibility index (Phi) is 5.51. The van der Waals surface area contributed by atoms with Crippen LogP contribution >= 0.6 is 0 Å². The maximum absolute atomic E-state index is 12.0. The van der Waals surface area contributed by atoms with Crippen LogP contribution < -0.4 is 11.3 Å². The van der Waals surface area contributed by atoms with Crippen LogP contribution in [0.4, 0.5) is 13.2 Å². The number of alkyl halides is 3. The van der Waals surface area contributed by atoms with Gasteiger partial charge >= 0.3 is 6.18 Å². The van der Waals surface area contributed by atoms with E-state index in [4.69, 9.17) is 10.6 Å². The van der Waals surface area contributed by atoms with Gasteiger partial charge in [-0.2, -0.15) is 13.2 Å². The van der Waals surface area contributed by atoms with Gasteiger partial charge in [0.25, 0.3) is 0 Å². The van der Waals surface area contributed by atoms with E-state index >= 15 is 0 Å². The minimum atomic E-state index is -4.06. The first-order valence-electron chi connectivity index (χ1n) is 5.63. The lowest BCUT2D eigenvalue weighted by Crippen LogP contribution is -2.43. The minimum absolute atomic E-state index is 0.0220. The van der Waals surface area contributed by atoms with Gasteiger partial charge in [-0.15, -0.1) is 0 Å². The molecule has 1 saturated heterocycles. The zero-order chi connectivity index (χ0) is 12.0. The summed E-state index contributed by atoms with van der Waals surface area (Å²) >= 11 is 0. The van der Waals surface area contributed by atoms with Crippen molar-refractivity contribution in [2.45, 2.75) is 44.3 Å². The van der Waals surface area contributed by atoms with E-state index in [1.54, 1.807) is 0 Å². The molecule has 16 heavy (non-hydrogen) atoms. The fourth-order valence-electron chi connectivity index (χ4n) is 2.10. The molecule has 1 unspecified atom stereocenters. The maximum Gasteiger partial charge on any atom is 0.389 e. The number of hydrogen-bond donors (Lipinski definition) is 2. The summed E-state index contributed by atoms with van der Waals surface area (Å²) in [6, 6.07) is -0.0220. The molecule has 3 nitrogen and oxygen atoms in total. The van der Waals surface area contributed by atoms with Gasteiger partial charge in [0.1, 0.15) is 0 Å². The van der Waals surface area contributed by atoms with E-state index in [2.05, 4.69) is 5.43 Å². The molecule has 1 atom stereocenters. The molecule has 0 bridgehead atoms. The molecule has 0 spiro atoms. The average Bonchev–Trinajstić information content (AvgIpc) is 2.24. The number of nitrogens with two attached hydrogens (primary N) is 1. The highest BCUT2D eigenvalue weighted by atomic mass is 19.4. The summed E-state index contributed by atoms with van der Waals surface area (Å²) in [5, 5.41) is 0. The van der Waals surface area contributed by atoms with Gasteiger partial charge in [0.2, 0.25) is 0 Å². The van der Waals surface area contributed by atoms with Gasteiger partial charge in [-0.3, -0.25) is 11.3 Å². The topological polar surface area (TPSA) is 47.3 Å². The fraction of sp³-hybridized carbons (Fsp3) is 1.00. The van der Waals surface area contributed by atoms with Crippen LogP contribution in [-0.4, -0.2) is 25.4 Å². The third-order valence-electron chi connectivity index (χ3n) is 3.02. The van der Waals surface area contributed by atoms with Crippen molar-refractivity contribution in [1.82, 2.24) is 5.43 Å². The molecule has 1 aliphatic rings. The van der Waals surface area contributed by atoms with E-state index in [-0.39, 0.29) is 12.5 Å². The zero-order valence-corrected chi connectivity index (χ0v) is 9.22. The first-order valence-corrected chi connectivity index (χ1v) is 5.63. The molecule has 0 aromatic heterocycles. The van der Waals surface area contributed by atoms with Gasteiger partial charge < -0.3 is 4.74 Å². The van der Waals surface area contributed by atoms with Crippen molar-refractivity contribution in [3.63, 3.8) is 0 Å². The van der Waals surface area contributed by atoms with E-state index < -0.39 is 12.6 Å². The Morgan fingerprint density at radius 1 is 1.31 bits per heavy atom. The Balaban J connectivity index is 2.25. The fourth-order valence-corrected chi connectivity index (χ4v) is 2.10. The summed E-state index contributed by atoms with van der Waals surface area (Å²) in [6.45, 7) is 1.37. The summed E-state index contributed by atoms with van der Waals surface area (Å²) in [5.74, 6) is 5.72. The predicted octanol–water partition coefficient (Wildman–Crippen LogP) is 1.98. The van der Waals surface area contributed by atoms with Crippen molar-refractivity contribution in [3.8, 4) is 0 Å². The lowest BCUT2D eigenvalue weighted by atomic mass is 9.89.